The highest BCUT2D eigenvalue weighted by molar-refractivity contribution is 5.55. The quantitative estimate of drug-likeness (QED) is 0.878. The molecule has 1 saturated carbocycles. The number of piperidine rings is 1. The summed E-state index contributed by atoms with van der Waals surface area (Å²) in [5, 5.41) is 12.3. The van der Waals surface area contributed by atoms with Crippen molar-refractivity contribution in [1.29, 1.82) is 0 Å². The van der Waals surface area contributed by atoms with Crippen LogP contribution in [-0.2, 0) is 0 Å². The third-order valence-electron chi connectivity index (χ3n) is 5.76. The summed E-state index contributed by atoms with van der Waals surface area (Å²) in [6.07, 6.45) is 4.85. The van der Waals surface area contributed by atoms with Crippen LogP contribution in [0.1, 0.15) is 60.5 Å². The van der Waals surface area contributed by atoms with E-state index in [4.69, 9.17) is 10.1 Å². The molecule has 5 heteroatoms. The second kappa shape index (κ2) is 5.99. The molecule has 130 valence electrons. The fourth-order valence-corrected chi connectivity index (χ4v) is 4.39. The number of aromatic nitrogens is 2. The van der Waals surface area contributed by atoms with Crippen molar-refractivity contribution in [2.24, 2.45) is 0 Å². The highest BCUT2D eigenvalue weighted by Gasteiger charge is 2.39. The number of benzene rings is 1. The van der Waals surface area contributed by atoms with Crippen molar-refractivity contribution in [2.45, 2.75) is 43.6 Å². The van der Waals surface area contributed by atoms with Crippen LogP contribution in [0.3, 0.4) is 0 Å². The predicted molar refractivity (Wildman–Crippen MR) is 98.1 cm³/mol. The molecule has 3 heterocycles. The summed E-state index contributed by atoms with van der Waals surface area (Å²) in [6, 6.07) is 11.4. The first-order valence-electron chi connectivity index (χ1n) is 9.42. The number of nitrogens with one attached hydrogen (secondary N) is 1. The Kier molecular flexibility index (Phi) is 3.63. The summed E-state index contributed by atoms with van der Waals surface area (Å²) in [7, 11) is 0. The Morgan fingerprint density at radius 2 is 1.84 bits per heavy atom. The van der Waals surface area contributed by atoms with Gasteiger partial charge in [0, 0.05) is 31.0 Å². The normalized spacial score (nSPS) is 24.3. The molecular formula is C20H24N4O. The number of aliphatic hydroxyl groups is 1. The first-order chi connectivity index (χ1) is 12.3. The fraction of sp³-hybridized carbons (Fsp3) is 0.500. The molecule has 0 unspecified atom stereocenters. The minimum atomic E-state index is 0.111. The van der Waals surface area contributed by atoms with Gasteiger partial charge in [0.2, 0.25) is 0 Å². The van der Waals surface area contributed by atoms with Gasteiger partial charge in [0.15, 0.2) is 0 Å². The molecule has 1 saturated heterocycles. The Labute approximate surface area is 148 Å². The van der Waals surface area contributed by atoms with E-state index in [-0.39, 0.29) is 6.61 Å². The Bertz CT molecular complexity index is 789. The van der Waals surface area contributed by atoms with Crippen LogP contribution in [0.5, 0.6) is 0 Å². The summed E-state index contributed by atoms with van der Waals surface area (Å²) in [4.78, 5) is 12.1. The van der Waals surface area contributed by atoms with Gasteiger partial charge >= 0.3 is 0 Å². The van der Waals surface area contributed by atoms with Gasteiger partial charge in [0.05, 0.1) is 12.6 Å². The molecule has 2 aliphatic heterocycles. The molecule has 6 rings (SSSR count). The number of anilines is 2. The van der Waals surface area contributed by atoms with Crippen molar-refractivity contribution in [3.05, 3.63) is 47.3 Å². The van der Waals surface area contributed by atoms with Gasteiger partial charge in [-0.1, -0.05) is 24.3 Å². The molecule has 0 amide bonds. The van der Waals surface area contributed by atoms with E-state index in [1.165, 1.54) is 36.8 Å². The Hall–Kier alpha value is -2.14. The highest BCUT2D eigenvalue weighted by Crippen LogP contribution is 2.48. The Balaban J connectivity index is 1.52. The standard InChI is InChI=1S/C20H24N4O/c25-10-9-21-18-11-19(23-20(22-18)13-5-6-13)24-12-14-7-8-17(24)16-4-2-1-3-15(14)16/h1-4,11,13-14,17,25H,5-10,12H2,(H,21,22,23)/t14-,17+/m1/s1. The minimum absolute atomic E-state index is 0.111. The maximum absolute atomic E-state index is 9.12. The van der Waals surface area contributed by atoms with Crippen molar-refractivity contribution in [1.82, 2.24) is 9.97 Å². The lowest BCUT2D eigenvalue weighted by atomic mass is 9.75. The van der Waals surface area contributed by atoms with Crippen molar-refractivity contribution in [3.8, 4) is 0 Å². The molecule has 4 aliphatic rings. The average molecular weight is 336 g/mol. The summed E-state index contributed by atoms with van der Waals surface area (Å²) >= 11 is 0. The van der Waals surface area contributed by atoms with Gasteiger partial charge in [-0.2, -0.15) is 0 Å². The molecule has 2 aliphatic carbocycles. The molecule has 1 aromatic heterocycles. The Morgan fingerprint density at radius 1 is 1.04 bits per heavy atom. The number of hydrogen-bond donors (Lipinski definition) is 2. The van der Waals surface area contributed by atoms with Gasteiger partial charge in [-0.05, 0) is 36.8 Å². The van der Waals surface area contributed by atoms with E-state index in [9.17, 15) is 0 Å². The summed E-state index contributed by atoms with van der Waals surface area (Å²) in [6.45, 7) is 1.68. The second-order valence-electron chi connectivity index (χ2n) is 7.47. The lowest BCUT2D eigenvalue weighted by molar-refractivity contribution is 0.311. The smallest absolute Gasteiger partial charge is 0.136 e. The maximum atomic E-state index is 9.12. The first kappa shape index (κ1) is 15.1. The van der Waals surface area contributed by atoms with Gasteiger partial charge in [-0.15, -0.1) is 0 Å². The van der Waals surface area contributed by atoms with E-state index in [0.29, 0.717) is 24.4 Å². The topological polar surface area (TPSA) is 61.3 Å². The SMILES string of the molecule is OCCNc1cc(N2C[C@H]3CC[C@H]2c2ccccc23)nc(C2CC2)n1. The van der Waals surface area contributed by atoms with E-state index >= 15 is 0 Å². The molecule has 2 fully saturated rings. The van der Waals surface area contributed by atoms with E-state index in [1.807, 2.05) is 0 Å². The van der Waals surface area contributed by atoms with Crippen molar-refractivity contribution in [3.63, 3.8) is 0 Å². The molecule has 1 aromatic carbocycles. The third-order valence-corrected chi connectivity index (χ3v) is 5.76. The van der Waals surface area contributed by atoms with Crippen molar-refractivity contribution in [2.75, 3.05) is 29.9 Å². The predicted octanol–water partition coefficient (Wildman–Crippen LogP) is 3.20. The van der Waals surface area contributed by atoms with E-state index in [0.717, 1.165) is 24.0 Å². The number of rotatable bonds is 5. The van der Waals surface area contributed by atoms with Gasteiger partial charge in [-0.25, -0.2) is 9.97 Å². The zero-order valence-electron chi connectivity index (χ0n) is 14.4. The van der Waals surface area contributed by atoms with Gasteiger partial charge in [0.25, 0.3) is 0 Å². The van der Waals surface area contributed by atoms with Crippen LogP contribution in [-0.4, -0.2) is 34.8 Å². The largest absolute Gasteiger partial charge is 0.395 e. The van der Waals surface area contributed by atoms with Crippen molar-refractivity contribution >= 4 is 11.6 Å². The van der Waals surface area contributed by atoms with Crippen molar-refractivity contribution < 1.29 is 5.11 Å². The molecule has 2 bridgehead atoms. The van der Waals surface area contributed by atoms with Crippen LogP contribution < -0.4 is 10.2 Å². The Morgan fingerprint density at radius 3 is 2.64 bits per heavy atom. The first-order valence-corrected chi connectivity index (χ1v) is 9.42. The zero-order valence-corrected chi connectivity index (χ0v) is 14.4. The van der Waals surface area contributed by atoms with Gasteiger partial charge in [0.1, 0.15) is 17.5 Å². The summed E-state index contributed by atoms with van der Waals surface area (Å²) in [5.41, 5.74) is 3.01. The number of fused-ring (bicyclic) bond motifs is 2. The molecule has 0 radical (unpaired) electrons. The van der Waals surface area contributed by atoms with Crippen LogP contribution in [0.15, 0.2) is 30.3 Å². The highest BCUT2D eigenvalue weighted by atomic mass is 16.3. The second-order valence-corrected chi connectivity index (χ2v) is 7.47. The van der Waals surface area contributed by atoms with E-state index < -0.39 is 0 Å². The molecule has 2 N–H and O–H groups in total. The molecule has 25 heavy (non-hydrogen) atoms. The van der Waals surface area contributed by atoms with E-state index in [2.05, 4.69) is 45.5 Å². The molecule has 5 nitrogen and oxygen atoms in total. The van der Waals surface area contributed by atoms with Crippen LogP contribution in [0.25, 0.3) is 0 Å². The summed E-state index contributed by atoms with van der Waals surface area (Å²) in [5.74, 6) is 3.98. The molecule has 0 spiro atoms. The summed E-state index contributed by atoms with van der Waals surface area (Å²) < 4.78 is 0. The van der Waals surface area contributed by atoms with Crippen LogP contribution in [0.4, 0.5) is 11.6 Å². The van der Waals surface area contributed by atoms with Gasteiger partial charge < -0.3 is 15.3 Å². The van der Waals surface area contributed by atoms with E-state index in [1.54, 1.807) is 0 Å². The molecular weight excluding hydrogens is 312 g/mol. The maximum Gasteiger partial charge on any atom is 0.136 e. The number of aliphatic hydroxyl groups excluding tert-OH is 1. The number of hydrogen-bond acceptors (Lipinski definition) is 5. The molecule has 2 atom stereocenters. The lowest BCUT2D eigenvalue weighted by Crippen LogP contribution is -2.43. The van der Waals surface area contributed by atoms with Crippen LogP contribution >= 0.6 is 0 Å². The van der Waals surface area contributed by atoms with Crippen LogP contribution in [0, 0.1) is 0 Å². The molecule has 2 aromatic rings. The minimum Gasteiger partial charge on any atom is -0.395 e. The fourth-order valence-electron chi connectivity index (χ4n) is 4.39. The number of nitrogens with zero attached hydrogens (tertiary/aromatic N) is 3. The third kappa shape index (κ3) is 2.67. The zero-order chi connectivity index (χ0) is 16.8. The van der Waals surface area contributed by atoms with Gasteiger partial charge in [-0.3, -0.25) is 0 Å². The average Bonchev–Trinajstić information content (AvgIpc) is 3.52. The monoisotopic (exact) mass is 336 g/mol. The van der Waals surface area contributed by atoms with Crippen LogP contribution in [0.2, 0.25) is 0 Å². The lowest BCUT2D eigenvalue weighted by Gasteiger charge is -2.47.